The fraction of sp³-hybridized carbons (Fsp3) is 0.429. The van der Waals surface area contributed by atoms with Crippen molar-refractivity contribution in [3.8, 4) is 0 Å². The molecule has 0 aliphatic carbocycles. The van der Waals surface area contributed by atoms with Gasteiger partial charge in [-0.3, -0.25) is 9.52 Å². The number of sulfonamides is 1. The van der Waals surface area contributed by atoms with Crippen molar-refractivity contribution in [1.29, 1.82) is 0 Å². The number of hydrogen-bond acceptors (Lipinski definition) is 5. The average Bonchev–Trinajstić information content (AvgIpc) is 2.20. The molecule has 15 heavy (non-hydrogen) atoms. The second-order valence-electron chi connectivity index (χ2n) is 2.95. The van der Waals surface area contributed by atoms with Gasteiger partial charge in [0.05, 0.1) is 6.61 Å². The summed E-state index contributed by atoms with van der Waals surface area (Å²) in [6, 6.07) is 2.38. The Hall–Kier alpha value is -1.41. The molecule has 1 atom stereocenters. The highest BCUT2D eigenvalue weighted by Crippen LogP contribution is 2.05. The lowest BCUT2D eigenvalue weighted by Gasteiger charge is -2.10. The first-order valence-electron chi connectivity index (χ1n) is 4.14. The third-order valence-electron chi connectivity index (χ3n) is 1.71. The maximum absolute atomic E-state index is 11.4. The largest absolute Gasteiger partial charge is 0.395 e. The lowest BCUT2D eigenvalue weighted by Crippen LogP contribution is -2.28. The van der Waals surface area contributed by atoms with Crippen LogP contribution in [-0.2, 0) is 10.0 Å². The van der Waals surface area contributed by atoms with Crippen LogP contribution in [0, 0.1) is 0 Å². The lowest BCUT2D eigenvalue weighted by atomic mass is 10.5. The van der Waals surface area contributed by atoms with Gasteiger partial charge in [-0.1, -0.05) is 0 Å². The fourth-order valence-corrected chi connectivity index (χ4v) is 1.55. The Morgan fingerprint density at radius 1 is 1.60 bits per heavy atom. The van der Waals surface area contributed by atoms with Gasteiger partial charge in [0.15, 0.2) is 5.82 Å². The molecule has 0 radical (unpaired) electrons. The molecule has 0 saturated carbocycles. The van der Waals surface area contributed by atoms with Crippen LogP contribution in [0.1, 0.15) is 6.92 Å². The van der Waals surface area contributed by atoms with Gasteiger partial charge in [0, 0.05) is 6.07 Å². The van der Waals surface area contributed by atoms with Crippen LogP contribution in [0.25, 0.3) is 0 Å². The number of nitrogens with one attached hydrogen (secondary N) is 2. The topological polar surface area (TPSA) is 112 Å². The van der Waals surface area contributed by atoms with Crippen molar-refractivity contribution in [2.75, 3.05) is 11.3 Å². The highest BCUT2D eigenvalue weighted by molar-refractivity contribution is 7.93. The Labute approximate surface area is 86.2 Å². The van der Waals surface area contributed by atoms with E-state index in [0.29, 0.717) is 0 Å². The molecule has 1 heterocycles. The summed E-state index contributed by atoms with van der Waals surface area (Å²) in [4.78, 5) is 10.6. The van der Waals surface area contributed by atoms with E-state index in [4.69, 9.17) is 5.11 Å². The van der Waals surface area contributed by atoms with E-state index in [1.807, 2.05) is 0 Å². The molecule has 8 heteroatoms. The molecular formula is C7H11N3O4S. The van der Waals surface area contributed by atoms with Gasteiger partial charge < -0.3 is 5.11 Å². The first-order valence-corrected chi connectivity index (χ1v) is 5.68. The molecular weight excluding hydrogens is 222 g/mol. The Morgan fingerprint density at radius 3 is 2.73 bits per heavy atom. The summed E-state index contributed by atoms with van der Waals surface area (Å²) in [7, 11) is -3.66. The smallest absolute Gasteiger partial charge is 0.264 e. The standard InChI is InChI=1S/C7H11N3O4S/c1-5(4-11)15(13,14)10-6-2-3-7(12)9-8-6/h2-3,5,11H,4H2,1H3,(H,8,10)(H,9,12). The minimum Gasteiger partial charge on any atom is -0.395 e. The number of aliphatic hydroxyl groups excluding tert-OH is 1. The van der Waals surface area contributed by atoms with Gasteiger partial charge in [0.25, 0.3) is 5.56 Å². The molecule has 1 aromatic heterocycles. The van der Waals surface area contributed by atoms with E-state index >= 15 is 0 Å². The molecule has 0 amide bonds. The zero-order valence-corrected chi connectivity index (χ0v) is 8.78. The molecule has 84 valence electrons. The van der Waals surface area contributed by atoms with Crippen molar-refractivity contribution in [3.63, 3.8) is 0 Å². The number of hydrogen-bond donors (Lipinski definition) is 3. The molecule has 0 aliphatic rings. The zero-order chi connectivity index (χ0) is 11.5. The van der Waals surface area contributed by atoms with Crippen molar-refractivity contribution in [2.24, 2.45) is 0 Å². The Morgan fingerprint density at radius 2 is 2.27 bits per heavy atom. The molecule has 3 N–H and O–H groups in total. The van der Waals surface area contributed by atoms with Crippen molar-refractivity contribution in [3.05, 3.63) is 22.5 Å². The molecule has 0 bridgehead atoms. The third kappa shape index (κ3) is 3.03. The van der Waals surface area contributed by atoms with Crippen LogP contribution in [0.3, 0.4) is 0 Å². The van der Waals surface area contributed by atoms with Crippen LogP contribution in [0.2, 0.25) is 0 Å². The van der Waals surface area contributed by atoms with Crippen LogP contribution in [0.5, 0.6) is 0 Å². The summed E-state index contributed by atoms with van der Waals surface area (Å²) >= 11 is 0. The summed E-state index contributed by atoms with van der Waals surface area (Å²) in [5.74, 6) is 0.00917. The normalized spacial score (nSPS) is 13.5. The zero-order valence-electron chi connectivity index (χ0n) is 7.97. The van der Waals surface area contributed by atoms with Crippen LogP contribution >= 0.6 is 0 Å². The van der Waals surface area contributed by atoms with Gasteiger partial charge >= 0.3 is 0 Å². The molecule has 1 unspecified atom stereocenters. The lowest BCUT2D eigenvalue weighted by molar-refractivity contribution is 0.296. The first kappa shape index (κ1) is 11.7. The van der Waals surface area contributed by atoms with Crippen LogP contribution in [-0.4, -0.2) is 35.6 Å². The quantitative estimate of drug-likeness (QED) is 0.610. The van der Waals surface area contributed by atoms with Crippen molar-refractivity contribution >= 4 is 15.8 Å². The molecule has 0 saturated heterocycles. The maximum Gasteiger partial charge on any atom is 0.264 e. The van der Waals surface area contributed by atoms with E-state index in [1.165, 1.54) is 13.0 Å². The number of nitrogens with zero attached hydrogens (tertiary/aromatic N) is 1. The minimum atomic E-state index is -3.66. The van der Waals surface area contributed by atoms with Crippen LogP contribution in [0.15, 0.2) is 16.9 Å². The van der Waals surface area contributed by atoms with Gasteiger partial charge in [-0.15, -0.1) is 0 Å². The number of H-pyrrole nitrogens is 1. The van der Waals surface area contributed by atoms with Gasteiger partial charge in [0.2, 0.25) is 10.0 Å². The third-order valence-corrected chi connectivity index (χ3v) is 3.41. The van der Waals surface area contributed by atoms with Gasteiger partial charge in [-0.05, 0) is 13.0 Å². The Kier molecular flexibility index (Phi) is 3.43. The van der Waals surface area contributed by atoms with E-state index in [2.05, 4.69) is 14.9 Å². The number of aliphatic hydroxyl groups is 1. The van der Waals surface area contributed by atoms with E-state index in [-0.39, 0.29) is 5.82 Å². The Balaban J connectivity index is 2.87. The molecule has 7 nitrogen and oxygen atoms in total. The van der Waals surface area contributed by atoms with Gasteiger partial charge in [-0.25, -0.2) is 13.5 Å². The van der Waals surface area contributed by atoms with Crippen molar-refractivity contribution in [1.82, 2.24) is 10.2 Å². The van der Waals surface area contributed by atoms with E-state index in [0.717, 1.165) is 6.07 Å². The summed E-state index contributed by atoms with van der Waals surface area (Å²) in [5.41, 5.74) is -0.423. The molecule has 0 aliphatic heterocycles. The van der Waals surface area contributed by atoms with Crippen molar-refractivity contribution in [2.45, 2.75) is 12.2 Å². The average molecular weight is 233 g/mol. The summed E-state index contributed by atoms with van der Waals surface area (Å²) < 4.78 is 25.0. The number of anilines is 1. The summed E-state index contributed by atoms with van der Waals surface area (Å²) in [6.07, 6.45) is 0. The summed E-state index contributed by atoms with van der Waals surface area (Å²) in [5, 5.41) is 13.3. The van der Waals surface area contributed by atoms with E-state index < -0.39 is 27.4 Å². The number of aromatic amines is 1. The number of aromatic nitrogens is 2. The van der Waals surface area contributed by atoms with Gasteiger partial charge in [-0.2, -0.15) is 5.10 Å². The fourth-order valence-electron chi connectivity index (χ4n) is 0.746. The van der Waals surface area contributed by atoms with E-state index in [1.54, 1.807) is 0 Å². The minimum absolute atomic E-state index is 0.00917. The second kappa shape index (κ2) is 4.41. The molecule has 1 aromatic rings. The summed E-state index contributed by atoms with van der Waals surface area (Å²) in [6.45, 7) is 0.868. The van der Waals surface area contributed by atoms with Gasteiger partial charge in [0.1, 0.15) is 5.25 Å². The second-order valence-corrected chi connectivity index (χ2v) is 5.05. The van der Waals surface area contributed by atoms with Crippen molar-refractivity contribution < 1.29 is 13.5 Å². The number of rotatable bonds is 4. The molecule has 0 fully saturated rings. The van der Waals surface area contributed by atoms with Crippen LogP contribution in [0.4, 0.5) is 5.82 Å². The van der Waals surface area contributed by atoms with Crippen LogP contribution < -0.4 is 10.3 Å². The predicted molar refractivity (Wildman–Crippen MR) is 53.9 cm³/mol. The molecule has 0 spiro atoms. The SMILES string of the molecule is CC(CO)S(=O)(=O)Nc1ccc(=O)[nH]n1. The maximum atomic E-state index is 11.4. The predicted octanol–water partition coefficient (Wildman–Crippen LogP) is -1.11. The molecule has 0 aromatic carbocycles. The first-order chi connectivity index (χ1) is 6.95. The highest BCUT2D eigenvalue weighted by atomic mass is 32.2. The van der Waals surface area contributed by atoms with E-state index in [9.17, 15) is 13.2 Å². The highest BCUT2D eigenvalue weighted by Gasteiger charge is 2.19. The Bertz CT molecular complexity index is 461. The molecule has 1 rings (SSSR count). The monoisotopic (exact) mass is 233 g/mol.